The Labute approximate surface area is 173 Å². The fraction of sp³-hybridized carbons (Fsp3) is 0.269. The van der Waals surface area contributed by atoms with Gasteiger partial charge in [0.2, 0.25) is 5.91 Å². The topological polar surface area (TPSA) is 32.3 Å². The van der Waals surface area contributed by atoms with Crippen molar-refractivity contribution in [3.8, 4) is 11.1 Å². The van der Waals surface area contributed by atoms with Gasteiger partial charge in [-0.05, 0) is 48.1 Å². The van der Waals surface area contributed by atoms with E-state index in [0.29, 0.717) is 19.0 Å². The van der Waals surface area contributed by atoms with Gasteiger partial charge in [0.15, 0.2) is 0 Å². The van der Waals surface area contributed by atoms with Crippen LogP contribution in [0.3, 0.4) is 0 Å². The van der Waals surface area contributed by atoms with Crippen molar-refractivity contribution in [3.63, 3.8) is 0 Å². The van der Waals surface area contributed by atoms with Crippen LogP contribution in [0.1, 0.15) is 24.5 Å². The number of para-hydroxylation sites is 1. The first-order chi connectivity index (χ1) is 14.2. The highest BCUT2D eigenvalue weighted by atomic mass is 16.1. The molecule has 1 aliphatic heterocycles. The smallest absolute Gasteiger partial charge is 0.224 e. The lowest BCUT2D eigenvalue weighted by Crippen LogP contribution is -2.33. The van der Waals surface area contributed by atoms with Crippen molar-refractivity contribution in [3.05, 3.63) is 90.0 Å². The third-order valence-corrected chi connectivity index (χ3v) is 5.67. The van der Waals surface area contributed by atoms with E-state index in [2.05, 4.69) is 65.7 Å². The van der Waals surface area contributed by atoms with Gasteiger partial charge in [0.1, 0.15) is 0 Å². The molecule has 4 rings (SSSR count). The number of rotatable bonds is 7. The number of fused-ring (bicyclic) bond motifs is 1. The zero-order chi connectivity index (χ0) is 20.1. The number of carbonyl (C=O) groups is 1. The average Bonchev–Trinajstić information content (AvgIpc) is 3.07. The number of hydrogen-bond acceptors (Lipinski definition) is 2. The fourth-order valence-corrected chi connectivity index (χ4v) is 4.14. The third kappa shape index (κ3) is 4.68. The van der Waals surface area contributed by atoms with Gasteiger partial charge in [0, 0.05) is 24.8 Å². The molecule has 1 N–H and O–H groups in total. The quantitative estimate of drug-likeness (QED) is 0.591. The van der Waals surface area contributed by atoms with Crippen LogP contribution >= 0.6 is 0 Å². The van der Waals surface area contributed by atoms with Gasteiger partial charge in [-0.2, -0.15) is 0 Å². The lowest BCUT2D eigenvalue weighted by atomic mass is 10.0. The summed E-state index contributed by atoms with van der Waals surface area (Å²) in [5.74, 6) is 0.0901. The van der Waals surface area contributed by atoms with Gasteiger partial charge in [-0.3, -0.25) is 4.79 Å². The first-order valence-electron chi connectivity index (χ1n) is 10.5. The number of anilines is 1. The molecule has 3 aromatic rings. The molecule has 0 fully saturated rings. The summed E-state index contributed by atoms with van der Waals surface area (Å²) in [5.41, 5.74) is 6.20. The van der Waals surface area contributed by atoms with Crippen molar-refractivity contribution in [2.24, 2.45) is 0 Å². The molecule has 1 amide bonds. The van der Waals surface area contributed by atoms with Gasteiger partial charge in [-0.1, -0.05) is 72.8 Å². The molecule has 3 heteroatoms. The van der Waals surface area contributed by atoms with Crippen LogP contribution in [0.5, 0.6) is 0 Å². The monoisotopic (exact) mass is 384 g/mol. The summed E-state index contributed by atoms with van der Waals surface area (Å²) in [6.45, 7) is 3.97. The van der Waals surface area contributed by atoms with Crippen LogP contribution in [0, 0.1) is 0 Å². The average molecular weight is 385 g/mol. The second-order valence-corrected chi connectivity index (χ2v) is 7.82. The molecule has 1 atom stereocenters. The Balaban J connectivity index is 1.23. The molecular formula is C26H28N2O. The minimum Gasteiger partial charge on any atom is -0.368 e. The predicted molar refractivity (Wildman–Crippen MR) is 120 cm³/mol. The van der Waals surface area contributed by atoms with E-state index in [1.807, 2.05) is 30.3 Å². The molecule has 3 nitrogen and oxygen atoms in total. The Hall–Kier alpha value is -3.07. The Bertz CT molecular complexity index is 950. The fourth-order valence-electron chi connectivity index (χ4n) is 4.14. The Morgan fingerprint density at radius 3 is 2.41 bits per heavy atom. The molecule has 0 aromatic heterocycles. The lowest BCUT2D eigenvalue weighted by Gasteiger charge is -2.24. The highest BCUT2D eigenvalue weighted by Gasteiger charge is 2.24. The molecule has 0 aliphatic carbocycles. The van der Waals surface area contributed by atoms with E-state index in [-0.39, 0.29) is 5.91 Å². The maximum Gasteiger partial charge on any atom is 0.224 e. The van der Waals surface area contributed by atoms with E-state index < -0.39 is 0 Å². The van der Waals surface area contributed by atoms with Crippen molar-refractivity contribution < 1.29 is 4.79 Å². The second kappa shape index (κ2) is 8.95. The van der Waals surface area contributed by atoms with E-state index in [1.165, 1.54) is 22.4 Å². The highest BCUT2D eigenvalue weighted by Crippen LogP contribution is 2.31. The lowest BCUT2D eigenvalue weighted by molar-refractivity contribution is -0.120. The molecule has 0 bridgehead atoms. The predicted octanol–water partition coefficient (Wildman–Crippen LogP) is 4.85. The van der Waals surface area contributed by atoms with Gasteiger partial charge in [-0.15, -0.1) is 0 Å². The molecular weight excluding hydrogens is 356 g/mol. The zero-order valence-electron chi connectivity index (χ0n) is 17.0. The van der Waals surface area contributed by atoms with E-state index in [9.17, 15) is 4.79 Å². The van der Waals surface area contributed by atoms with Crippen molar-refractivity contribution >= 4 is 11.6 Å². The van der Waals surface area contributed by atoms with Crippen molar-refractivity contribution in [1.82, 2.24) is 5.32 Å². The molecule has 1 unspecified atom stereocenters. The van der Waals surface area contributed by atoms with E-state index in [0.717, 1.165) is 24.9 Å². The number of carbonyl (C=O) groups excluding carboxylic acids is 1. The van der Waals surface area contributed by atoms with Crippen LogP contribution in [0.15, 0.2) is 78.9 Å². The molecule has 148 valence electrons. The van der Waals surface area contributed by atoms with Crippen molar-refractivity contribution in [1.29, 1.82) is 0 Å². The minimum atomic E-state index is 0.0901. The van der Waals surface area contributed by atoms with Crippen LogP contribution in [0.25, 0.3) is 11.1 Å². The van der Waals surface area contributed by atoms with Crippen LogP contribution in [-0.2, 0) is 17.6 Å². The second-order valence-electron chi connectivity index (χ2n) is 7.82. The van der Waals surface area contributed by atoms with Gasteiger partial charge < -0.3 is 10.2 Å². The van der Waals surface area contributed by atoms with Crippen LogP contribution in [0.2, 0.25) is 0 Å². The van der Waals surface area contributed by atoms with Crippen LogP contribution in [-0.4, -0.2) is 25.0 Å². The number of nitrogens with zero attached hydrogens (tertiary/aromatic N) is 1. The Morgan fingerprint density at radius 1 is 0.931 bits per heavy atom. The first kappa shape index (κ1) is 19.3. The number of nitrogens with one attached hydrogen (secondary N) is 1. The maximum atomic E-state index is 12.3. The Morgan fingerprint density at radius 2 is 1.62 bits per heavy atom. The van der Waals surface area contributed by atoms with Gasteiger partial charge in [0.05, 0.1) is 6.42 Å². The Kier molecular flexibility index (Phi) is 5.95. The van der Waals surface area contributed by atoms with Crippen LogP contribution < -0.4 is 10.2 Å². The van der Waals surface area contributed by atoms with E-state index >= 15 is 0 Å². The van der Waals surface area contributed by atoms with Gasteiger partial charge in [0.25, 0.3) is 0 Å². The summed E-state index contributed by atoms with van der Waals surface area (Å²) in [7, 11) is 0. The molecule has 0 radical (unpaired) electrons. The highest BCUT2D eigenvalue weighted by molar-refractivity contribution is 5.78. The summed E-state index contributed by atoms with van der Waals surface area (Å²) >= 11 is 0. The van der Waals surface area contributed by atoms with Crippen molar-refractivity contribution in [2.75, 3.05) is 18.0 Å². The molecule has 1 aliphatic rings. The standard InChI is InChI=1S/C26H28N2O/c1-20-18-24-10-5-6-11-25(24)28(20)17-7-16-27-26(29)19-21-12-14-23(15-13-21)22-8-3-2-4-9-22/h2-6,8-15,20H,7,16-19H2,1H3,(H,27,29). The number of amides is 1. The molecule has 0 spiro atoms. The molecule has 1 heterocycles. The summed E-state index contributed by atoms with van der Waals surface area (Å²) in [5, 5.41) is 3.07. The zero-order valence-corrected chi connectivity index (χ0v) is 17.0. The van der Waals surface area contributed by atoms with E-state index in [1.54, 1.807) is 0 Å². The molecule has 3 aromatic carbocycles. The maximum absolute atomic E-state index is 12.3. The van der Waals surface area contributed by atoms with E-state index in [4.69, 9.17) is 0 Å². The normalized spacial score (nSPS) is 15.2. The van der Waals surface area contributed by atoms with Gasteiger partial charge in [-0.25, -0.2) is 0 Å². The number of benzene rings is 3. The van der Waals surface area contributed by atoms with Crippen molar-refractivity contribution in [2.45, 2.75) is 32.2 Å². The largest absolute Gasteiger partial charge is 0.368 e. The first-order valence-corrected chi connectivity index (χ1v) is 10.5. The summed E-state index contributed by atoms with van der Waals surface area (Å²) in [4.78, 5) is 14.8. The number of hydrogen-bond donors (Lipinski definition) is 1. The summed E-state index contributed by atoms with van der Waals surface area (Å²) < 4.78 is 0. The molecule has 0 saturated heterocycles. The third-order valence-electron chi connectivity index (χ3n) is 5.67. The molecule has 29 heavy (non-hydrogen) atoms. The SMILES string of the molecule is CC1Cc2ccccc2N1CCCNC(=O)Cc1ccc(-c2ccccc2)cc1. The summed E-state index contributed by atoms with van der Waals surface area (Å²) in [6.07, 6.45) is 2.50. The summed E-state index contributed by atoms with van der Waals surface area (Å²) in [6, 6.07) is 27.7. The minimum absolute atomic E-state index is 0.0901. The molecule has 0 saturated carbocycles. The van der Waals surface area contributed by atoms with Gasteiger partial charge >= 0.3 is 0 Å². The van der Waals surface area contributed by atoms with Crippen LogP contribution in [0.4, 0.5) is 5.69 Å².